The molecule has 0 aromatic heterocycles. The zero-order valence-electron chi connectivity index (χ0n) is 12.4. The van der Waals surface area contributed by atoms with Gasteiger partial charge < -0.3 is 11.1 Å². The number of guanidine groups is 1. The van der Waals surface area contributed by atoms with Crippen LogP contribution in [0.2, 0.25) is 10.0 Å². The van der Waals surface area contributed by atoms with E-state index in [0.717, 1.165) is 18.4 Å². The third-order valence-corrected chi connectivity index (χ3v) is 6.07. The molecule has 4 nitrogen and oxygen atoms in total. The minimum atomic E-state index is -0.862. The highest BCUT2D eigenvalue weighted by molar-refractivity contribution is 14.0. The Hall–Kier alpha value is -0.0500. The molecule has 124 valence electrons. The molecule has 8 heteroatoms. The van der Waals surface area contributed by atoms with E-state index < -0.39 is 10.8 Å². The van der Waals surface area contributed by atoms with Gasteiger partial charge >= 0.3 is 0 Å². The van der Waals surface area contributed by atoms with Gasteiger partial charge in [-0.3, -0.25) is 9.20 Å². The summed E-state index contributed by atoms with van der Waals surface area (Å²) in [5.41, 5.74) is 6.80. The molecule has 0 saturated heterocycles. The number of nitrogens with one attached hydrogen (secondary N) is 1. The van der Waals surface area contributed by atoms with Crippen LogP contribution in [0.3, 0.4) is 0 Å². The predicted molar refractivity (Wildman–Crippen MR) is 106 cm³/mol. The van der Waals surface area contributed by atoms with Gasteiger partial charge in [-0.1, -0.05) is 29.3 Å². The van der Waals surface area contributed by atoms with Crippen LogP contribution in [0.4, 0.5) is 0 Å². The zero-order chi connectivity index (χ0) is 15.6. The number of benzene rings is 1. The number of aliphatic imine (C=N–C) groups is 1. The monoisotopic (exact) mass is 475 g/mol. The zero-order valence-corrected chi connectivity index (χ0v) is 17.1. The molecule has 0 spiro atoms. The molecule has 3 N–H and O–H groups in total. The van der Waals surface area contributed by atoms with Crippen molar-refractivity contribution in [2.24, 2.45) is 10.7 Å². The van der Waals surface area contributed by atoms with Gasteiger partial charge in [0, 0.05) is 27.1 Å². The highest BCUT2D eigenvalue weighted by Gasteiger charge is 2.46. The van der Waals surface area contributed by atoms with Crippen LogP contribution in [0.1, 0.15) is 31.4 Å². The van der Waals surface area contributed by atoms with Crippen molar-refractivity contribution >= 4 is 63.9 Å². The predicted octanol–water partition coefficient (Wildman–Crippen LogP) is 3.49. The summed E-state index contributed by atoms with van der Waals surface area (Å²) in [4.78, 5) is 4.31. The lowest BCUT2D eigenvalue weighted by molar-refractivity contribution is 0.670. The Morgan fingerprint density at radius 2 is 2.14 bits per heavy atom. The quantitative estimate of drug-likeness (QED) is 0.389. The van der Waals surface area contributed by atoms with E-state index in [1.165, 1.54) is 0 Å². The van der Waals surface area contributed by atoms with Crippen LogP contribution in [0, 0.1) is 0 Å². The van der Waals surface area contributed by atoms with Crippen molar-refractivity contribution in [2.75, 3.05) is 12.8 Å². The van der Waals surface area contributed by atoms with Crippen LogP contribution >= 0.6 is 47.2 Å². The first-order valence-electron chi connectivity index (χ1n) is 6.69. The van der Waals surface area contributed by atoms with Crippen LogP contribution in [0.15, 0.2) is 23.2 Å². The fraction of sp³-hybridized carbons (Fsp3) is 0.500. The molecule has 0 amide bonds. The summed E-state index contributed by atoms with van der Waals surface area (Å²) in [6.07, 6.45) is 3.62. The van der Waals surface area contributed by atoms with Gasteiger partial charge in [0.05, 0.1) is 17.3 Å². The summed E-state index contributed by atoms with van der Waals surface area (Å²) in [6.45, 7) is 2.44. The first-order valence-corrected chi connectivity index (χ1v) is 9.00. The van der Waals surface area contributed by atoms with Gasteiger partial charge in [0.25, 0.3) is 0 Å². The van der Waals surface area contributed by atoms with Crippen molar-refractivity contribution in [3.05, 3.63) is 33.8 Å². The van der Waals surface area contributed by atoms with Crippen LogP contribution in [0.5, 0.6) is 0 Å². The van der Waals surface area contributed by atoms with Crippen molar-refractivity contribution in [2.45, 2.75) is 30.6 Å². The molecular weight excluding hydrogens is 456 g/mol. The molecule has 2 atom stereocenters. The largest absolute Gasteiger partial charge is 0.370 e. The summed E-state index contributed by atoms with van der Waals surface area (Å²) < 4.78 is 11.5. The Morgan fingerprint density at radius 3 is 2.64 bits per heavy atom. The van der Waals surface area contributed by atoms with E-state index in [-0.39, 0.29) is 34.8 Å². The van der Waals surface area contributed by atoms with Crippen LogP contribution in [-0.2, 0) is 10.8 Å². The summed E-state index contributed by atoms with van der Waals surface area (Å²) in [5, 5.41) is 4.28. The van der Waals surface area contributed by atoms with E-state index in [9.17, 15) is 4.21 Å². The summed E-state index contributed by atoms with van der Waals surface area (Å²) in [6, 6.07) is 5.26. The second-order valence-corrected chi connectivity index (χ2v) is 7.99. The third-order valence-electron chi connectivity index (χ3n) is 3.75. The van der Waals surface area contributed by atoms with Crippen molar-refractivity contribution in [1.82, 2.24) is 5.32 Å². The van der Waals surface area contributed by atoms with Gasteiger partial charge in [-0.15, -0.1) is 24.0 Å². The molecule has 1 saturated carbocycles. The number of nitrogens with zero attached hydrogens (tertiary/aromatic N) is 1. The van der Waals surface area contributed by atoms with E-state index in [1.54, 1.807) is 18.4 Å². The first kappa shape index (κ1) is 20.0. The van der Waals surface area contributed by atoms with Gasteiger partial charge in [-0.25, -0.2) is 0 Å². The maximum atomic E-state index is 11.6. The minimum absolute atomic E-state index is 0. The molecule has 0 bridgehead atoms. The lowest BCUT2D eigenvalue weighted by Crippen LogP contribution is -2.35. The maximum Gasteiger partial charge on any atom is 0.189 e. The Kier molecular flexibility index (Phi) is 7.42. The van der Waals surface area contributed by atoms with E-state index in [4.69, 9.17) is 28.9 Å². The fourth-order valence-electron chi connectivity index (χ4n) is 2.10. The van der Waals surface area contributed by atoms with Gasteiger partial charge in [0.1, 0.15) is 0 Å². The van der Waals surface area contributed by atoms with E-state index in [2.05, 4.69) is 10.3 Å². The molecule has 1 fully saturated rings. The van der Waals surface area contributed by atoms with Crippen molar-refractivity contribution < 1.29 is 4.21 Å². The standard InChI is InChI=1S/C14H19Cl2N3OS.HI/c1-9(11-4-3-10(15)7-12(11)16)19-13(17)18-8-14(5-6-14)21(2)20;/h3-4,7,9H,5-6,8H2,1-2H3,(H3,17,18,19);1H. The summed E-state index contributed by atoms with van der Waals surface area (Å²) in [7, 11) is -0.862. The molecule has 0 aliphatic heterocycles. The molecule has 1 aliphatic carbocycles. The summed E-state index contributed by atoms with van der Waals surface area (Å²) in [5.74, 6) is 0.338. The molecule has 22 heavy (non-hydrogen) atoms. The molecule has 2 rings (SSSR count). The Bertz CT molecular complexity index is 593. The Morgan fingerprint density at radius 1 is 1.50 bits per heavy atom. The molecule has 0 heterocycles. The van der Waals surface area contributed by atoms with Crippen LogP contribution in [-0.4, -0.2) is 27.7 Å². The Balaban J connectivity index is 0.00000242. The first-order chi connectivity index (χ1) is 9.84. The highest BCUT2D eigenvalue weighted by atomic mass is 127. The molecule has 1 aromatic carbocycles. The van der Waals surface area contributed by atoms with Crippen molar-refractivity contribution in [1.29, 1.82) is 0 Å². The molecule has 1 aliphatic rings. The van der Waals surface area contributed by atoms with E-state index in [0.29, 0.717) is 22.5 Å². The number of hydrogen-bond acceptors (Lipinski definition) is 2. The number of rotatable bonds is 5. The highest BCUT2D eigenvalue weighted by Crippen LogP contribution is 2.41. The van der Waals surface area contributed by atoms with Crippen LogP contribution < -0.4 is 11.1 Å². The van der Waals surface area contributed by atoms with Gasteiger partial charge in [0.2, 0.25) is 0 Å². The smallest absolute Gasteiger partial charge is 0.189 e. The Labute approximate surface area is 160 Å². The average Bonchev–Trinajstić information content (AvgIpc) is 3.17. The van der Waals surface area contributed by atoms with E-state index >= 15 is 0 Å². The lowest BCUT2D eigenvalue weighted by atomic mass is 10.1. The molecule has 2 unspecified atom stereocenters. The molecule has 0 radical (unpaired) electrons. The van der Waals surface area contributed by atoms with Crippen LogP contribution in [0.25, 0.3) is 0 Å². The molecular formula is C14H20Cl2IN3OS. The van der Waals surface area contributed by atoms with Crippen molar-refractivity contribution in [3.63, 3.8) is 0 Å². The van der Waals surface area contributed by atoms with Gasteiger partial charge in [0.15, 0.2) is 5.96 Å². The maximum absolute atomic E-state index is 11.6. The second kappa shape index (κ2) is 8.17. The average molecular weight is 476 g/mol. The SMILES string of the molecule is CC(NC(N)=NCC1(S(C)=O)CC1)c1ccc(Cl)cc1Cl.I. The fourth-order valence-corrected chi connectivity index (χ4v) is 3.60. The lowest BCUT2D eigenvalue weighted by Gasteiger charge is -2.17. The third kappa shape index (κ3) is 4.97. The van der Waals surface area contributed by atoms with Gasteiger partial charge in [-0.05, 0) is 37.5 Å². The number of hydrogen-bond donors (Lipinski definition) is 2. The molecule has 1 aromatic rings. The number of nitrogens with two attached hydrogens (primary N) is 1. The van der Waals surface area contributed by atoms with Gasteiger partial charge in [-0.2, -0.15) is 0 Å². The van der Waals surface area contributed by atoms with Crippen molar-refractivity contribution in [3.8, 4) is 0 Å². The normalized spacial score (nSPS) is 19.0. The summed E-state index contributed by atoms with van der Waals surface area (Å²) >= 11 is 12.0. The topological polar surface area (TPSA) is 67.5 Å². The second-order valence-electron chi connectivity index (χ2n) is 5.37. The number of halogens is 3. The van der Waals surface area contributed by atoms with E-state index in [1.807, 2.05) is 13.0 Å². The minimum Gasteiger partial charge on any atom is -0.370 e.